The molecule has 0 unspecified atom stereocenters. The maximum absolute atomic E-state index is 5.67. The highest BCUT2D eigenvalue weighted by molar-refractivity contribution is 5.39. The molecule has 0 radical (unpaired) electrons. The number of benzene rings is 1. The third-order valence-corrected chi connectivity index (χ3v) is 3.29. The first-order chi connectivity index (χ1) is 10.6. The molecule has 0 atom stereocenters. The molecule has 0 amide bonds. The number of ether oxygens (including phenoxy) is 1. The van der Waals surface area contributed by atoms with E-state index in [1.165, 1.54) is 5.56 Å². The Morgan fingerprint density at radius 2 is 1.68 bits per heavy atom. The van der Waals surface area contributed by atoms with Gasteiger partial charge in [0.15, 0.2) is 0 Å². The fraction of sp³-hybridized carbons (Fsp3) is 0.375. The van der Waals surface area contributed by atoms with E-state index in [1.54, 1.807) is 19.5 Å². The van der Waals surface area contributed by atoms with Crippen LogP contribution in [0.2, 0.25) is 0 Å². The molecule has 2 N–H and O–H groups in total. The lowest BCUT2D eigenvalue weighted by atomic mass is 10.2. The Hall–Kier alpha value is -2.34. The molecule has 0 aliphatic rings. The molecule has 0 spiro atoms. The molecule has 0 saturated heterocycles. The summed E-state index contributed by atoms with van der Waals surface area (Å²) in [5, 5.41) is 0. The Kier molecular flexibility index (Phi) is 5.55. The number of hydrogen-bond acceptors (Lipinski definition) is 6. The Morgan fingerprint density at radius 3 is 2.23 bits per heavy atom. The summed E-state index contributed by atoms with van der Waals surface area (Å²) < 4.78 is 5.19. The zero-order valence-corrected chi connectivity index (χ0v) is 13.4. The summed E-state index contributed by atoms with van der Waals surface area (Å²) in [7, 11) is 5.77. The van der Waals surface area contributed by atoms with Crippen molar-refractivity contribution >= 4 is 11.6 Å². The van der Waals surface area contributed by atoms with Crippen LogP contribution in [0.1, 0.15) is 5.56 Å². The van der Waals surface area contributed by atoms with Crippen LogP contribution in [-0.2, 0) is 6.54 Å². The molecule has 118 valence electrons. The minimum atomic E-state index is 0.570. The fourth-order valence-corrected chi connectivity index (χ4v) is 2.02. The molecule has 0 fully saturated rings. The van der Waals surface area contributed by atoms with Gasteiger partial charge in [-0.15, -0.1) is 0 Å². The van der Waals surface area contributed by atoms with Crippen molar-refractivity contribution in [3.8, 4) is 5.75 Å². The van der Waals surface area contributed by atoms with Gasteiger partial charge >= 0.3 is 0 Å². The number of hydrogen-bond donors (Lipinski definition) is 1. The molecule has 22 heavy (non-hydrogen) atoms. The second-order valence-corrected chi connectivity index (χ2v) is 5.39. The highest BCUT2D eigenvalue weighted by atomic mass is 16.5. The summed E-state index contributed by atoms with van der Waals surface area (Å²) in [5.41, 5.74) is 7.42. The number of nitrogen functional groups attached to an aromatic ring is 1. The Bertz CT molecular complexity index is 568. The zero-order valence-electron chi connectivity index (χ0n) is 13.4. The predicted octanol–water partition coefficient (Wildman–Crippen LogP) is 1.64. The van der Waals surface area contributed by atoms with Crippen LogP contribution in [0.15, 0.2) is 36.7 Å². The maximum Gasteiger partial charge on any atom is 0.225 e. The molecular formula is C16H23N5O. The van der Waals surface area contributed by atoms with Gasteiger partial charge in [0, 0.05) is 19.6 Å². The molecule has 6 heteroatoms. The molecule has 0 bridgehead atoms. The highest BCUT2D eigenvalue weighted by Crippen LogP contribution is 2.16. The molecule has 0 aliphatic heterocycles. The first-order valence-electron chi connectivity index (χ1n) is 7.18. The second-order valence-electron chi connectivity index (χ2n) is 5.39. The standard InChI is InChI=1S/C16H23N5O/c1-20(2)8-9-21(16-18-10-14(17)11-19-16)12-13-4-6-15(22-3)7-5-13/h4-7,10-11H,8-9,12,17H2,1-3H3. The van der Waals surface area contributed by atoms with Crippen molar-refractivity contribution in [3.63, 3.8) is 0 Å². The van der Waals surface area contributed by atoms with E-state index < -0.39 is 0 Å². The largest absolute Gasteiger partial charge is 0.497 e. The van der Waals surface area contributed by atoms with Crippen LogP contribution in [-0.4, -0.2) is 49.2 Å². The Labute approximate surface area is 131 Å². The number of rotatable bonds is 7. The minimum Gasteiger partial charge on any atom is -0.497 e. The van der Waals surface area contributed by atoms with Gasteiger partial charge in [-0.25, -0.2) is 9.97 Å². The summed E-state index contributed by atoms with van der Waals surface area (Å²) in [6, 6.07) is 8.03. The molecule has 1 aromatic carbocycles. The first kappa shape index (κ1) is 16.0. The SMILES string of the molecule is COc1ccc(CN(CCN(C)C)c2ncc(N)cn2)cc1. The van der Waals surface area contributed by atoms with Crippen molar-refractivity contribution in [2.75, 3.05) is 44.9 Å². The summed E-state index contributed by atoms with van der Waals surface area (Å²) in [4.78, 5) is 12.9. The van der Waals surface area contributed by atoms with Gasteiger partial charge in [-0.2, -0.15) is 0 Å². The minimum absolute atomic E-state index is 0.570. The van der Waals surface area contributed by atoms with E-state index in [-0.39, 0.29) is 0 Å². The normalized spacial score (nSPS) is 10.7. The first-order valence-corrected chi connectivity index (χ1v) is 7.18. The number of anilines is 2. The third-order valence-electron chi connectivity index (χ3n) is 3.29. The number of methoxy groups -OCH3 is 1. The van der Waals surface area contributed by atoms with E-state index in [0.29, 0.717) is 11.6 Å². The van der Waals surface area contributed by atoms with Gasteiger partial charge in [0.05, 0.1) is 25.2 Å². The summed E-state index contributed by atoms with van der Waals surface area (Å²) in [6.07, 6.45) is 3.28. The average Bonchev–Trinajstić information content (AvgIpc) is 2.53. The average molecular weight is 301 g/mol. The predicted molar refractivity (Wildman–Crippen MR) is 89.0 cm³/mol. The lowest BCUT2D eigenvalue weighted by Crippen LogP contribution is -2.32. The lowest BCUT2D eigenvalue weighted by molar-refractivity contribution is 0.411. The van der Waals surface area contributed by atoms with Crippen LogP contribution in [0.4, 0.5) is 11.6 Å². The van der Waals surface area contributed by atoms with Gasteiger partial charge in [0.1, 0.15) is 5.75 Å². The molecule has 6 nitrogen and oxygen atoms in total. The van der Waals surface area contributed by atoms with Crippen molar-refractivity contribution in [1.29, 1.82) is 0 Å². The number of nitrogens with two attached hydrogens (primary N) is 1. The van der Waals surface area contributed by atoms with Crippen LogP contribution in [0.25, 0.3) is 0 Å². The third kappa shape index (κ3) is 4.60. The van der Waals surface area contributed by atoms with Gasteiger partial charge in [-0.3, -0.25) is 0 Å². The monoisotopic (exact) mass is 301 g/mol. The van der Waals surface area contributed by atoms with Crippen LogP contribution in [0.3, 0.4) is 0 Å². The molecule has 0 aliphatic carbocycles. The van der Waals surface area contributed by atoms with E-state index in [1.807, 2.05) is 12.1 Å². The van der Waals surface area contributed by atoms with Crippen LogP contribution in [0.5, 0.6) is 5.75 Å². The number of aromatic nitrogens is 2. The van der Waals surface area contributed by atoms with E-state index in [9.17, 15) is 0 Å². The fourth-order valence-electron chi connectivity index (χ4n) is 2.02. The summed E-state index contributed by atoms with van der Waals surface area (Å²) >= 11 is 0. The Morgan fingerprint density at radius 1 is 1.05 bits per heavy atom. The number of likely N-dealkylation sites (N-methyl/N-ethyl adjacent to an activating group) is 1. The Balaban J connectivity index is 2.13. The smallest absolute Gasteiger partial charge is 0.225 e. The molecule has 1 aromatic heterocycles. The molecule has 0 saturated carbocycles. The van der Waals surface area contributed by atoms with Crippen LogP contribution >= 0.6 is 0 Å². The van der Waals surface area contributed by atoms with Gasteiger partial charge < -0.3 is 20.3 Å². The molecular weight excluding hydrogens is 278 g/mol. The van der Waals surface area contributed by atoms with Crippen molar-refractivity contribution in [2.24, 2.45) is 0 Å². The highest BCUT2D eigenvalue weighted by Gasteiger charge is 2.11. The van der Waals surface area contributed by atoms with Crippen LogP contribution in [0, 0.1) is 0 Å². The van der Waals surface area contributed by atoms with E-state index in [2.05, 4.69) is 46.0 Å². The van der Waals surface area contributed by atoms with Gasteiger partial charge in [-0.05, 0) is 31.8 Å². The second kappa shape index (κ2) is 7.61. The summed E-state index contributed by atoms with van der Waals surface area (Å²) in [5.74, 6) is 1.54. The van der Waals surface area contributed by atoms with Gasteiger partial charge in [0.25, 0.3) is 0 Å². The molecule has 2 aromatic rings. The van der Waals surface area contributed by atoms with Crippen molar-refractivity contribution in [2.45, 2.75) is 6.54 Å². The van der Waals surface area contributed by atoms with Gasteiger partial charge in [0.2, 0.25) is 5.95 Å². The molecule has 1 heterocycles. The van der Waals surface area contributed by atoms with Crippen molar-refractivity contribution in [1.82, 2.24) is 14.9 Å². The van der Waals surface area contributed by atoms with E-state index in [0.717, 1.165) is 25.4 Å². The van der Waals surface area contributed by atoms with E-state index >= 15 is 0 Å². The van der Waals surface area contributed by atoms with Crippen LogP contribution < -0.4 is 15.4 Å². The number of nitrogens with zero attached hydrogens (tertiary/aromatic N) is 4. The topological polar surface area (TPSA) is 67.5 Å². The van der Waals surface area contributed by atoms with Crippen molar-refractivity contribution < 1.29 is 4.74 Å². The lowest BCUT2D eigenvalue weighted by Gasteiger charge is -2.24. The summed E-state index contributed by atoms with van der Waals surface area (Å²) in [6.45, 7) is 2.49. The molecule has 2 rings (SSSR count). The quantitative estimate of drug-likeness (QED) is 0.838. The maximum atomic E-state index is 5.67. The van der Waals surface area contributed by atoms with Gasteiger partial charge in [-0.1, -0.05) is 12.1 Å². The zero-order chi connectivity index (χ0) is 15.9. The van der Waals surface area contributed by atoms with E-state index in [4.69, 9.17) is 10.5 Å². The van der Waals surface area contributed by atoms with Crippen molar-refractivity contribution in [3.05, 3.63) is 42.2 Å².